The number of amides is 2. The van der Waals surface area contributed by atoms with E-state index in [0.717, 1.165) is 0 Å². The Morgan fingerprint density at radius 1 is 1.46 bits per heavy atom. The molecule has 8 nitrogen and oxygen atoms in total. The standard InChI is InChI=1S/C17H19N3O5S/c1-9-8-26-16-17(25-2,15(24)20(16)13(9)14(22)23)19-12(21)7-10-5-3-4-6-11(10)18/h3-6,16H,7-8,18H2,1-2H3,(H,19,21)(H,22,23)/t16-,17?/m1/s1. The number of para-hydroxylation sites is 1. The summed E-state index contributed by atoms with van der Waals surface area (Å²) in [7, 11) is 1.32. The van der Waals surface area contributed by atoms with Gasteiger partial charge in [-0.3, -0.25) is 14.5 Å². The first kappa shape index (κ1) is 18.3. The van der Waals surface area contributed by atoms with Crippen molar-refractivity contribution in [2.45, 2.75) is 24.4 Å². The summed E-state index contributed by atoms with van der Waals surface area (Å²) in [5.41, 5.74) is 5.94. The number of carboxylic acids is 1. The summed E-state index contributed by atoms with van der Waals surface area (Å²) in [6.07, 6.45) is -0.0108. The zero-order valence-electron chi connectivity index (χ0n) is 14.3. The molecule has 1 aromatic rings. The van der Waals surface area contributed by atoms with Gasteiger partial charge in [-0.25, -0.2) is 4.79 Å². The molecular weight excluding hydrogens is 358 g/mol. The van der Waals surface area contributed by atoms with Gasteiger partial charge in [-0.15, -0.1) is 11.8 Å². The number of hydrogen-bond acceptors (Lipinski definition) is 6. The molecule has 2 heterocycles. The number of carbonyl (C=O) groups is 3. The number of anilines is 1. The number of carbonyl (C=O) groups excluding carboxylic acids is 2. The molecule has 2 atom stereocenters. The molecule has 0 radical (unpaired) electrons. The van der Waals surface area contributed by atoms with Gasteiger partial charge in [0.15, 0.2) is 0 Å². The molecule has 0 aliphatic carbocycles. The molecule has 2 aliphatic heterocycles. The number of nitrogens with zero attached hydrogens (tertiary/aromatic N) is 1. The third-order valence-corrected chi connectivity index (χ3v) is 5.94. The largest absolute Gasteiger partial charge is 0.477 e. The van der Waals surface area contributed by atoms with E-state index < -0.39 is 28.9 Å². The molecule has 1 unspecified atom stereocenters. The van der Waals surface area contributed by atoms with Gasteiger partial charge >= 0.3 is 5.97 Å². The summed E-state index contributed by atoms with van der Waals surface area (Å²) in [4.78, 5) is 37.9. The number of nitrogen functional groups attached to an aromatic ring is 1. The van der Waals surface area contributed by atoms with Gasteiger partial charge in [0.1, 0.15) is 11.1 Å². The Morgan fingerprint density at radius 3 is 2.77 bits per heavy atom. The Balaban J connectivity index is 1.81. The van der Waals surface area contributed by atoms with Crippen LogP contribution in [0.25, 0.3) is 0 Å². The number of fused-ring (bicyclic) bond motifs is 1. The van der Waals surface area contributed by atoms with Gasteiger partial charge in [0.25, 0.3) is 11.6 Å². The van der Waals surface area contributed by atoms with Gasteiger partial charge in [-0.05, 0) is 24.1 Å². The predicted molar refractivity (Wildman–Crippen MR) is 95.9 cm³/mol. The van der Waals surface area contributed by atoms with Gasteiger partial charge in [0.2, 0.25) is 5.91 Å². The zero-order chi connectivity index (χ0) is 19.1. The van der Waals surface area contributed by atoms with Crippen LogP contribution in [-0.2, 0) is 25.5 Å². The second kappa shape index (κ2) is 6.65. The highest BCUT2D eigenvalue weighted by atomic mass is 32.2. The SMILES string of the molecule is COC1(NC(=O)Cc2ccccc2N)C(=O)N2C(C(=O)O)=C(C)CS[C@@H]21. The predicted octanol–water partition coefficient (Wildman–Crippen LogP) is 0.544. The molecule has 138 valence electrons. The molecular formula is C17H19N3O5S. The van der Waals surface area contributed by atoms with Crippen molar-refractivity contribution in [1.82, 2.24) is 10.2 Å². The monoisotopic (exact) mass is 377 g/mol. The van der Waals surface area contributed by atoms with E-state index in [1.54, 1.807) is 31.2 Å². The molecule has 1 fully saturated rings. The average molecular weight is 377 g/mol. The minimum absolute atomic E-state index is 0.0108. The lowest BCUT2D eigenvalue weighted by molar-refractivity contribution is -0.192. The lowest BCUT2D eigenvalue weighted by Crippen LogP contribution is -2.80. The van der Waals surface area contributed by atoms with Crippen molar-refractivity contribution in [2.24, 2.45) is 0 Å². The van der Waals surface area contributed by atoms with Gasteiger partial charge in [0.05, 0.1) is 6.42 Å². The van der Waals surface area contributed by atoms with Gasteiger partial charge in [-0.2, -0.15) is 0 Å². The number of thioether (sulfide) groups is 1. The normalized spacial score (nSPS) is 24.8. The fourth-order valence-electron chi connectivity index (χ4n) is 3.15. The highest BCUT2D eigenvalue weighted by molar-refractivity contribution is 8.00. The summed E-state index contributed by atoms with van der Waals surface area (Å²) < 4.78 is 5.37. The quantitative estimate of drug-likeness (QED) is 0.389. The third-order valence-electron chi connectivity index (χ3n) is 4.48. The van der Waals surface area contributed by atoms with E-state index >= 15 is 0 Å². The van der Waals surface area contributed by atoms with Crippen LogP contribution in [0.3, 0.4) is 0 Å². The Morgan fingerprint density at radius 2 is 2.15 bits per heavy atom. The molecule has 0 bridgehead atoms. The van der Waals surface area contributed by atoms with Gasteiger partial charge < -0.3 is 20.9 Å². The molecule has 2 amide bonds. The average Bonchev–Trinajstić information content (AvgIpc) is 2.60. The Hall–Kier alpha value is -2.52. The van der Waals surface area contributed by atoms with Crippen molar-refractivity contribution >= 4 is 35.2 Å². The van der Waals surface area contributed by atoms with Gasteiger partial charge in [-0.1, -0.05) is 18.2 Å². The second-order valence-electron chi connectivity index (χ2n) is 6.14. The number of carboxylic acid groups (broad SMARTS) is 1. The number of aliphatic carboxylic acids is 1. The van der Waals surface area contributed by atoms with E-state index in [1.807, 2.05) is 0 Å². The number of benzene rings is 1. The number of β-lactam (4-membered cyclic amide) rings is 1. The van der Waals surface area contributed by atoms with Crippen molar-refractivity contribution in [3.63, 3.8) is 0 Å². The molecule has 0 aromatic heterocycles. The van der Waals surface area contributed by atoms with Crippen molar-refractivity contribution in [2.75, 3.05) is 18.6 Å². The lowest BCUT2D eigenvalue weighted by atomic mass is 9.97. The van der Waals surface area contributed by atoms with Crippen LogP contribution in [-0.4, -0.2) is 51.8 Å². The topological polar surface area (TPSA) is 122 Å². The van der Waals surface area contributed by atoms with Crippen LogP contribution in [0.15, 0.2) is 35.5 Å². The highest BCUT2D eigenvalue weighted by Crippen LogP contribution is 2.46. The maximum Gasteiger partial charge on any atom is 0.352 e. The fourth-order valence-corrected chi connectivity index (χ4v) is 4.54. The summed E-state index contributed by atoms with van der Waals surface area (Å²) in [6.45, 7) is 1.67. The number of hydrogen-bond donors (Lipinski definition) is 3. The molecule has 9 heteroatoms. The minimum atomic E-state index is -1.58. The molecule has 1 aromatic carbocycles. The van der Waals surface area contributed by atoms with Crippen molar-refractivity contribution < 1.29 is 24.2 Å². The molecule has 2 aliphatic rings. The molecule has 4 N–H and O–H groups in total. The van der Waals surface area contributed by atoms with E-state index in [0.29, 0.717) is 22.6 Å². The number of ether oxygens (including phenoxy) is 1. The summed E-state index contributed by atoms with van der Waals surface area (Å²) in [5.74, 6) is -1.76. The fraction of sp³-hybridized carbons (Fsp3) is 0.353. The van der Waals surface area contributed by atoms with Gasteiger partial charge in [0, 0.05) is 18.6 Å². The Bertz CT molecular complexity index is 824. The third kappa shape index (κ3) is 2.73. The van der Waals surface area contributed by atoms with Crippen LogP contribution in [0.4, 0.5) is 5.69 Å². The summed E-state index contributed by atoms with van der Waals surface area (Å²) >= 11 is 1.35. The maximum absolute atomic E-state index is 12.7. The first-order chi connectivity index (χ1) is 12.3. The second-order valence-corrected chi connectivity index (χ2v) is 7.20. The van der Waals surface area contributed by atoms with E-state index in [1.165, 1.54) is 23.8 Å². The smallest absolute Gasteiger partial charge is 0.352 e. The van der Waals surface area contributed by atoms with Crippen LogP contribution in [0, 0.1) is 0 Å². The van der Waals surface area contributed by atoms with E-state index in [2.05, 4.69) is 5.32 Å². The first-order valence-electron chi connectivity index (χ1n) is 7.89. The maximum atomic E-state index is 12.7. The highest BCUT2D eigenvalue weighted by Gasteiger charge is 2.66. The Labute approximate surface area is 154 Å². The van der Waals surface area contributed by atoms with Crippen LogP contribution in [0.1, 0.15) is 12.5 Å². The summed E-state index contributed by atoms with van der Waals surface area (Å²) in [6, 6.07) is 6.95. The molecule has 0 spiro atoms. The van der Waals surface area contributed by atoms with Crippen LogP contribution < -0.4 is 11.1 Å². The molecule has 26 heavy (non-hydrogen) atoms. The molecule has 1 saturated heterocycles. The Kier molecular flexibility index (Phi) is 4.68. The van der Waals surface area contributed by atoms with Crippen molar-refractivity contribution in [1.29, 1.82) is 0 Å². The number of nitrogens with one attached hydrogen (secondary N) is 1. The zero-order valence-corrected chi connectivity index (χ0v) is 15.1. The summed E-state index contributed by atoms with van der Waals surface area (Å²) in [5, 5.41) is 11.4. The number of nitrogens with two attached hydrogens (primary N) is 1. The van der Waals surface area contributed by atoms with Crippen molar-refractivity contribution in [3.8, 4) is 0 Å². The van der Waals surface area contributed by atoms with Crippen LogP contribution >= 0.6 is 11.8 Å². The van der Waals surface area contributed by atoms with Crippen LogP contribution in [0.5, 0.6) is 0 Å². The van der Waals surface area contributed by atoms with E-state index in [4.69, 9.17) is 10.5 Å². The van der Waals surface area contributed by atoms with Crippen LogP contribution in [0.2, 0.25) is 0 Å². The molecule has 0 saturated carbocycles. The van der Waals surface area contributed by atoms with E-state index in [-0.39, 0.29) is 12.1 Å². The molecule has 3 rings (SSSR count). The minimum Gasteiger partial charge on any atom is -0.477 e. The first-order valence-corrected chi connectivity index (χ1v) is 8.94. The number of rotatable bonds is 5. The number of methoxy groups -OCH3 is 1. The lowest BCUT2D eigenvalue weighted by Gasteiger charge is -2.55. The van der Waals surface area contributed by atoms with E-state index in [9.17, 15) is 19.5 Å². The van der Waals surface area contributed by atoms with Crippen molar-refractivity contribution in [3.05, 3.63) is 41.1 Å².